The van der Waals surface area contributed by atoms with Crippen molar-refractivity contribution in [3.05, 3.63) is 45.5 Å². The summed E-state index contributed by atoms with van der Waals surface area (Å²) in [6.07, 6.45) is 2.66. The number of nitrogens with one attached hydrogen (secondary N) is 1. The molecule has 0 aromatic carbocycles. The number of nitrogens with zero attached hydrogens (tertiary/aromatic N) is 4. The molecular weight excluding hydrogens is 286 g/mol. The Morgan fingerprint density at radius 3 is 2.80 bits per heavy atom. The van der Waals surface area contributed by atoms with E-state index in [0.29, 0.717) is 12.4 Å². The monoisotopic (exact) mass is 295 g/mol. The number of nitro groups is 1. The first-order chi connectivity index (χ1) is 9.60. The molecule has 0 aliphatic carbocycles. The lowest BCUT2D eigenvalue weighted by atomic mass is 10.3. The molecule has 2 aromatic heterocycles. The van der Waals surface area contributed by atoms with Crippen molar-refractivity contribution < 1.29 is 9.66 Å². The Hall–Kier alpha value is -2.48. The molecule has 0 amide bonds. The number of hydrogen-bond donors (Lipinski definition) is 1. The smallest absolute Gasteiger partial charge is 0.329 e. The highest BCUT2D eigenvalue weighted by atomic mass is 35.5. The van der Waals surface area contributed by atoms with Crippen molar-refractivity contribution in [1.29, 1.82) is 0 Å². The van der Waals surface area contributed by atoms with Crippen molar-refractivity contribution in [1.82, 2.24) is 15.0 Å². The van der Waals surface area contributed by atoms with Crippen LogP contribution in [0.15, 0.2) is 24.5 Å². The first kappa shape index (κ1) is 13.9. The number of hydrogen-bond acceptors (Lipinski definition) is 7. The van der Waals surface area contributed by atoms with Crippen molar-refractivity contribution >= 4 is 23.1 Å². The van der Waals surface area contributed by atoms with Gasteiger partial charge in [0.05, 0.1) is 12.0 Å². The third-order valence-corrected chi connectivity index (χ3v) is 2.59. The minimum absolute atomic E-state index is 0.0609. The molecule has 0 spiro atoms. The maximum atomic E-state index is 10.8. The molecule has 2 aromatic rings. The highest BCUT2D eigenvalue weighted by molar-refractivity contribution is 6.28. The average molecular weight is 296 g/mol. The van der Waals surface area contributed by atoms with Crippen LogP contribution in [-0.2, 0) is 6.54 Å². The van der Waals surface area contributed by atoms with E-state index in [1.54, 1.807) is 18.3 Å². The predicted molar refractivity (Wildman–Crippen MR) is 71.8 cm³/mol. The first-order valence-corrected chi connectivity index (χ1v) is 5.87. The Balaban J connectivity index is 2.13. The molecule has 20 heavy (non-hydrogen) atoms. The van der Waals surface area contributed by atoms with Crippen molar-refractivity contribution in [3.63, 3.8) is 0 Å². The van der Waals surface area contributed by atoms with Gasteiger partial charge in [0.15, 0.2) is 0 Å². The molecule has 0 aliphatic heterocycles. The van der Waals surface area contributed by atoms with Gasteiger partial charge in [-0.3, -0.25) is 10.1 Å². The fraction of sp³-hybridized carbons (Fsp3) is 0.182. The lowest BCUT2D eigenvalue weighted by molar-refractivity contribution is -0.384. The summed E-state index contributed by atoms with van der Waals surface area (Å²) in [7, 11) is 1.52. The van der Waals surface area contributed by atoms with Crippen LogP contribution < -0.4 is 10.1 Å². The first-order valence-electron chi connectivity index (χ1n) is 5.50. The zero-order valence-corrected chi connectivity index (χ0v) is 11.2. The fourth-order valence-corrected chi connectivity index (χ4v) is 1.57. The summed E-state index contributed by atoms with van der Waals surface area (Å²) in [5.41, 5.74) is 0.575. The van der Waals surface area contributed by atoms with Crippen LogP contribution >= 0.6 is 11.6 Å². The molecule has 0 atom stereocenters. The topological polar surface area (TPSA) is 103 Å². The summed E-state index contributed by atoms with van der Waals surface area (Å²) >= 11 is 5.63. The molecule has 0 aliphatic rings. The maximum absolute atomic E-state index is 10.8. The van der Waals surface area contributed by atoms with Gasteiger partial charge in [-0.2, -0.15) is 4.98 Å². The largest absolute Gasteiger partial charge is 0.481 e. The van der Waals surface area contributed by atoms with Crippen molar-refractivity contribution in [2.24, 2.45) is 0 Å². The number of aromatic nitrogens is 3. The minimum Gasteiger partial charge on any atom is -0.481 e. The normalized spacial score (nSPS) is 10.1. The summed E-state index contributed by atoms with van der Waals surface area (Å²) in [5, 5.41) is 13.6. The summed E-state index contributed by atoms with van der Waals surface area (Å²) in [6.45, 7) is 0.311. The standard InChI is InChI=1S/C11H10ClN5O3/c1-20-9-3-2-7(4-13-9)5-14-10-8(17(18)19)6-15-11(12)16-10/h2-4,6H,5H2,1H3,(H,14,15,16). The van der Waals surface area contributed by atoms with E-state index in [0.717, 1.165) is 11.8 Å². The Kier molecular flexibility index (Phi) is 4.26. The number of pyridine rings is 1. The third kappa shape index (κ3) is 3.29. The molecule has 0 radical (unpaired) electrons. The van der Waals surface area contributed by atoms with E-state index in [2.05, 4.69) is 20.3 Å². The third-order valence-electron chi connectivity index (χ3n) is 2.40. The molecule has 0 unspecified atom stereocenters. The second-order valence-corrected chi connectivity index (χ2v) is 4.03. The maximum Gasteiger partial charge on any atom is 0.329 e. The Morgan fingerprint density at radius 2 is 2.20 bits per heavy atom. The van der Waals surface area contributed by atoms with E-state index < -0.39 is 4.92 Å². The molecule has 0 bridgehead atoms. The molecule has 0 saturated carbocycles. The molecular formula is C11H10ClN5O3. The number of methoxy groups -OCH3 is 1. The van der Waals surface area contributed by atoms with E-state index in [1.807, 2.05) is 0 Å². The van der Waals surface area contributed by atoms with Gasteiger partial charge >= 0.3 is 5.69 Å². The highest BCUT2D eigenvalue weighted by Gasteiger charge is 2.16. The predicted octanol–water partition coefficient (Wildman–Crippen LogP) is 2.05. The number of ether oxygens (including phenoxy) is 1. The van der Waals surface area contributed by atoms with Gasteiger partial charge in [0.2, 0.25) is 17.0 Å². The van der Waals surface area contributed by atoms with Crippen LogP contribution in [0.3, 0.4) is 0 Å². The minimum atomic E-state index is -0.578. The van der Waals surface area contributed by atoms with Crippen LogP contribution in [0.25, 0.3) is 0 Å². The lowest BCUT2D eigenvalue weighted by Gasteiger charge is -2.06. The molecule has 0 fully saturated rings. The summed E-state index contributed by atoms with van der Waals surface area (Å²) in [5.74, 6) is 0.552. The van der Waals surface area contributed by atoms with Crippen molar-refractivity contribution in [3.8, 4) is 5.88 Å². The van der Waals surface area contributed by atoms with Gasteiger partial charge in [-0.05, 0) is 17.2 Å². The molecule has 2 rings (SSSR count). The van der Waals surface area contributed by atoms with Crippen LogP contribution in [0, 0.1) is 10.1 Å². The van der Waals surface area contributed by atoms with Crippen LogP contribution in [0.5, 0.6) is 5.88 Å². The molecule has 0 saturated heterocycles. The van der Waals surface area contributed by atoms with Gasteiger partial charge in [0.1, 0.15) is 6.20 Å². The molecule has 9 heteroatoms. The second kappa shape index (κ2) is 6.11. The summed E-state index contributed by atoms with van der Waals surface area (Å²) in [6, 6.07) is 3.48. The van der Waals surface area contributed by atoms with E-state index in [1.165, 1.54) is 7.11 Å². The van der Waals surface area contributed by atoms with E-state index in [9.17, 15) is 10.1 Å². The van der Waals surface area contributed by atoms with Crippen LogP contribution in [0.2, 0.25) is 5.28 Å². The van der Waals surface area contributed by atoms with Gasteiger partial charge in [0.25, 0.3) is 0 Å². The quantitative estimate of drug-likeness (QED) is 0.511. The molecule has 1 N–H and O–H groups in total. The Labute approximate surface area is 118 Å². The average Bonchev–Trinajstić information content (AvgIpc) is 2.45. The second-order valence-electron chi connectivity index (χ2n) is 3.69. The SMILES string of the molecule is COc1ccc(CNc2nc(Cl)ncc2[N+](=O)[O-])cn1. The van der Waals surface area contributed by atoms with Crippen LogP contribution in [0.4, 0.5) is 11.5 Å². The van der Waals surface area contributed by atoms with Gasteiger partial charge in [-0.15, -0.1) is 0 Å². The Bertz CT molecular complexity index is 620. The van der Waals surface area contributed by atoms with Crippen molar-refractivity contribution in [2.45, 2.75) is 6.54 Å². The van der Waals surface area contributed by atoms with Crippen LogP contribution in [0.1, 0.15) is 5.56 Å². The fourth-order valence-electron chi connectivity index (χ4n) is 1.44. The van der Waals surface area contributed by atoms with E-state index in [-0.39, 0.29) is 16.8 Å². The van der Waals surface area contributed by atoms with Crippen molar-refractivity contribution in [2.75, 3.05) is 12.4 Å². The molecule has 8 nitrogen and oxygen atoms in total. The van der Waals surface area contributed by atoms with Gasteiger partial charge in [0, 0.05) is 18.8 Å². The Morgan fingerprint density at radius 1 is 1.40 bits per heavy atom. The van der Waals surface area contributed by atoms with Crippen LogP contribution in [-0.4, -0.2) is 27.0 Å². The molecule has 104 valence electrons. The highest BCUT2D eigenvalue weighted by Crippen LogP contribution is 2.22. The number of rotatable bonds is 5. The van der Waals surface area contributed by atoms with E-state index in [4.69, 9.17) is 16.3 Å². The zero-order chi connectivity index (χ0) is 14.5. The number of anilines is 1. The summed E-state index contributed by atoms with van der Waals surface area (Å²) in [4.78, 5) is 21.7. The zero-order valence-electron chi connectivity index (χ0n) is 10.4. The summed E-state index contributed by atoms with van der Waals surface area (Å²) < 4.78 is 4.94. The van der Waals surface area contributed by atoms with Gasteiger partial charge in [-0.1, -0.05) is 6.07 Å². The lowest BCUT2D eigenvalue weighted by Crippen LogP contribution is -2.06. The van der Waals surface area contributed by atoms with E-state index >= 15 is 0 Å². The molecule has 2 heterocycles. The number of halogens is 1. The van der Waals surface area contributed by atoms with Gasteiger partial charge in [-0.25, -0.2) is 9.97 Å². The van der Waals surface area contributed by atoms with Gasteiger partial charge < -0.3 is 10.1 Å².